The van der Waals surface area contributed by atoms with Crippen LogP contribution in [0.15, 0.2) is 18.2 Å². The van der Waals surface area contributed by atoms with Crippen LogP contribution in [-0.4, -0.2) is 6.61 Å². The van der Waals surface area contributed by atoms with Crippen LogP contribution in [0, 0.1) is 16.7 Å². The highest BCUT2D eigenvalue weighted by molar-refractivity contribution is 6.32. The lowest BCUT2D eigenvalue weighted by atomic mass is 9.92. The highest BCUT2D eigenvalue weighted by Gasteiger charge is 2.17. The average molecular weight is 272 g/mol. The summed E-state index contributed by atoms with van der Waals surface area (Å²) >= 11 is 11.9. The second kappa shape index (κ2) is 6.14. The van der Waals surface area contributed by atoms with Crippen LogP contribution < -0.4 is 4.74 Å². The third-order valence-electron chi connectivity index (χ3n) is 2.47. The van der Waals surface area contributed by atoms with E-state index in [9.17, 15) is 0 Å². The maximum Gasteiger partial charge on any atom is 0.142 e. The van der Waals surface area contributed by atoms with Crippen molar-refractivity contribution >= 4 is 23.2 Å². The zero-order chi connectivity index (χ0) is 12.9. The molecule has 0 spiro atoms. The van der Waals surface area contributed by atoms with Gasteiger partial charge in [-0.15, -0.1) is 11.6 Å². The van der Waals surface area contributed by atoms with E-state index in [1.54, 1.807) is 6.07 Å². The summed E-state index contributed by atoms with van der Waals surface area (Å²) in [6.45, 7) is 4.21. The normalized spacial score (nSPS) is 11.0. The minimum Gasteiger partial charge on any atom is -0.492 e. The van der Waals surface area contributed by atoms with Crippen molar-refractivity contribution < 1.29 is 4.74 Å². The van der Waals surface area contributed by atoms with Gasteiger partial charge in [0, 0.05) is 5.56 Å². The molecular weight excluding hydrogens is 257 g/mol. The first-order valence-electron chi connectivity index (χ1n) is 5.37. The molecule has 0 radical (unpaired) electrons. The van der Waals surface area contributed by atoms with Crippen LogP contribution in [0.5, 0.6) is 5.75 Å². The van der Waals surface area contributed by atoms with Crippen LogP contribution in [0.2, 0.25) is 5.02 Å². The molecule has 0 heterocycles. The topological polar surface area (TPSA) is 33.0 Å². The zero-order valence-electron chi connectivity index (χ0n) is 9.96. The van der Waals surface area contributed by atoms with Gasteiger partial charge in [-0.1, -0.05) is 23.7 Å². The molecule has 1 aromatic rings. The standard InChI is InChI=1S/C13H15Cl2NO/c1-13(2,9-16)6-7-17-12-10(8-14)4-3-5-11(12)15/h3-5H,6-8H2,1-2H3. The summed E-state index contributed by atoms with van der Waals surface area (Å²) in [5.74, 6) is 0.982. The van der Waals surface area contributed by atoms with Gasteiger partial charge >= 0.3 is 0 Å². The van der Waals surface area contributed by atoms with Crippen LogP contribution in [-0.2, 0) is 5.88 Å². The van der Waals surface area contributed by atoms with E-state index in [2.05, 4.69) is 6.07 Å². The van der Waals surface area contributed by atoms with Gasteiger partial charge in [0.2, 0.25) is 0 Å². The maximum absolute atomic E-state index is 8.89. The van der Waals surface area contributed by atoms with Crippen LogP contribution in [0.1, 0.15) is 25.8 Å². The number of para-hydroxylation sites is 1. The number of nitriles is 1. The second-order valence-corrected chi connectivity index (χ2v) is 5.13. The predicted octanol–water partition coefficient (Wildman–Crippen LogP) is 4.40. The highest BCUT2D eigenvalue weighted by atomic mass is 35.5. The Morgan fingerprint density at radius 2 is 2.12 bits per heavy atom. The molecular formula is C13H15Cl2NO. The summed E-state index contributed by atoms with van der Waals surface area (Å²) in [5.41, 5.74) is 0.483. The molecule has 0 saturated carbocycles. The van der Waals surface area contributed by atoms with Crippen molar-refractivity contribution in [1.29, 1.82) is 5.26 Å². The van der Waals surface area contributed by atoms with Crippen LogP contribution in [0.25, 0.3) is 0 Å². The number of ether oxygens (including phenoxy) is 1. The van der Waals surface area contributed by atoms with Crippen molar-refractivity contribution in [2.75, 3.05) is 6.61 Å². The number of hydrogen-bond acceptors (Lipinski definition) is 2. The fourth-order valence-electron chi connectivity index (χ4n) is 1.28. The van der Waals surface area contributed by atoms with Gasteiger partial charge in [-0.25, -0.2) is 0 Å². The number of benzene rings is 1. The van der Waals surface area contributed by atoms with E-state index in [1.165, 1.54) is 0 Å². The fraction of sp³-hybridized carbons (Fsp3) is 0.462. The molecule has 0 amide bonds. The minimum absolute atomic E-state index is 0.359. The smallest absolute Gasteiger partial charge is 0.142 e. The van der Waals surface area contributed by atoms with E-state index < -0.39 is 0 Å². The monoisotopic (exact) mass is 271 g/mol. The SMILES string of the molecule is CC(C)(C#N)CCOc1c(Cl)cccc1CCl. The molecule has 4 heteroatoms. The molecule has 92 valence electrons. The first-order valence-corrected chi connectivity index (χ1v) is 6.29. The van der Waals surface area contributed by atoms with Crippen molar-refractivity contribution in [3.8, 4) is 11.8 Å². The Labute approximate surface area is 112 Å². The van der Waals surface area contributed by atoms with Gasteiger partial charge < -0.3 is 4.74 Å². The van der Waals surface area contributed by atoms with Crippen LogP contribution in [0.4, 0.5) is 0 Å². The third kappa shape index (κ3) is 4.11. The summed E-state index contributed by atoms with van der Waals surface area (Å²) in [6, 6.07) is 7.72. The Kier molecular flexibility index (Phi) is 5.11. The molecule has 0 aliphatic heterocycles. The maximum atomic E-state index is 8.89. The molecule has 17 heavy (non-hydrogen) atoms. The summed E-state index contributed by atoms with van der Waals surface area (Å²) in [6.07, 6.45) is 0.649. The van der Waals surface area contributed by atoms with Gasteiger partial charge in [0.1, 0.15) is 5.75 Å². The zero-order valence-corrected chi connectivity index (χ0v) is 11.5. The Morgan fingerprint density at radius 3 is 2.71 bits per heavy atom. The van der Waals surface area contributed by atoms with Crippen molar-refractivity contribution in [1.82, 2.24) is 0 Å². The molecule has 0 unspecified atom stereocenters. The molecule has 0 bridgehead atoms. The lowest BCUT2D eigenvalue weighted by molar-refractivity contribution is 0.263. The van der Waals surface area contributed by atoms with Gasteiger partial charge in [-0.2, -0.15) is 5.26 Å². The quantitative estimate of drug-likeness (QED) is 0.744. The van der Waals surface area contributed by atoms with E-state index >= 15 is 0 Å². The molecule has 0 N–H and O–H groups in total. The first kappa shape index (κ1) is 14.2. The molecule has 0 saturated heterocycles. The average Bonchev–Trinajstić information content (AvgIpc) is 2.31. The summed E-state index contributed by atoms with van der Waals surface area (Å²) < 4.78 is 5.63. The van der Waals surface area contributed by atoms with E-state index in [0.29, 0.717) is 29.7 Å². The van der Waals surface area contributed by atoms with Crippen molar-refractivity contribution in [3.05, 3.63) is 28.8 Å². The summed E-state index contributed by atoms with van der Waals surface area (Å²) in [4.78, 5) is 0. The number of alkyl halides is 1. The molecule has 0 aliphatic carbocycles. The van der Waals surface area contributed by atoms with Gasteiger partial charge in [0.05, 0.1) is 29.0 Å². The van der Waals surface area contributed by atoms with Gasteiger partial charge in [-0.3, -0.25) is 0 Å². The van der Waals surface area contributed by atoms with Crippen molar-refractivity contribution in [3.63, 3.8) is 0 Å². The van der Waals surface area contributed by atoms with Gasteiger partial charge in [-0.05, 0) is 26.3 Å². The largest absolute Gasteiger partial charge is 0.492 e. The number of rotatable bonds is 5. The second-order valence-electron chi connectivity index (χ2n) is 4.46. The van der Waals surface area contributed by atoms with E-state index in [-0.39, 0.29) is 5.41 Å². The molecule has 0 atom stereocenters. The van der Waals surface area contributed by atoms with E-state index in [4.69, 9.17) is 33.2 Å². The fourth-order valence-corrected chi connectivity index (χ4v) is 1.74. The molecule has 0 aliphatic rings. The van der Waals surface area contributed by atoms with Crippen molar-refractivity contribution in [2.45, 2.75) is 26.1 Å². The molecule has 0 fully saturated rings. The highest BCUT2D eigenvalue weighted by Crippen LogP contribution is 2.30. The lowest BCUT2D eigenvalue weighted by Gasteiger charge is -2.17. The van der Waals surface area contributed by atoms with Crippen molar-refractivity contribution in [2.24, 2.45) is 5.41 Å². The lowest BCUT2D eigenvalue weighted by Crippen LogP contribution is -2.13. The molecule has 1 aromatic carbocycles. The molecule has 0 aromatic heterocycles. The summed E-state index contributed by atoms with van der Waals surface area (Å²) in [5, 5.41) is 9.45. The Morgan fingerprint density at radius 1 is 1.41 bits per heavy atom. The number of nitrogens with zero attached hydrogens (tertiary/aromatic N) is 1. The Bertz CT molecular complexity index is 424. The molecule has 2 nitrogen and oxygen atoms in total. The van der Waals surface area contributed by atoms with Gasteiger partial charge in [0.15, 0.2) is 0 Å². The van der Waals surface area contributed by atoms with Crippen LogP contribution >= 0.6 is 23.2 Å². The first-order chi connectivity index (χ1) is 8.00. The molecule has 1 rings (SSSR count). The van der Waals surface area contributed by atoms with E-state index in [0.717, 1.165) is 5.56 Å². The minimum atomic E-state index is -0.387. The Balaban J connectivity index is 2.67. The Hall–Kier alpha value is -0.910. The summed E-state index contributed by atoms with van der Waals surface area (Å²) in [7, 11) is 0. The third-order valence-corrected chi connectivity index (χ3v) is 3.05. The number of hydrogen-bond donors (Lipinski definition) is 0. The number of halogens is 2. The predicted molar refractivity (Wildman–Crippen MR) is 70.5 cm³/mol. The van der Waals surface area contributed by atoms with Crippen LogP contribution in [0.3, 0.4) is 0 Å². The van der Waals surface area contributed by atoms with Gasteiger partial charge in [0.25, 0.3) is 0 Å². The van der Waals surface area contributed by atoms with E-state index in [1.807, 2.05) is 26.0 Å².